The SMILES string of the molecule is Cc1cc(NC(=O)Cc2cccc3ccccc23)n(-c2nc3c(cnn3C)c(=O)[nH]2)n1. The maximum Gasteiger partial charge on any atom is 0.263 e. The molecule has 5 aromatic rings. The Morgan fingerprint density at radius 2 is 1.94 bits per heavy atom. The van der Waals surface area contributed by atoms with E-state index in [1.54, 1.807) is 20.0 Å². The second-order valence-corrected chi connectivity index (χ2v) is 7.34. The van der Waals surface area contributed by atoms with Crippen molar-refractivity contribution in [3.8, 4) is 5.95 Å². The number of carbonyl (C=O) groups excluding carboxylic acids is 1. The average Bonchev–Trinajstić information content (AvgIpc) is 3.31. The molecule has 0 bridgehead atoms. The molecule has 0 unspecified atom stereocenters. The van der Waals surface area contributed by atoms with Crippen molar-refractivity contribution in [3.63, 3.8) is 0 Å². The van der Waals surface area contributed by atoms with E-state index in [0.29, 0.717) is 22.5 Å². The van der Waals surface area contributed by atoms with E-state index < -0.39 is 0 Å². The van der Waals surface area contributed by atoms with Crippen molar-refractivity contribution in [2.45, 2.75) is 13.3 Å². The van der Waals surface area contributed by atoms with Gasteiger partial charge in [0, 0.05) is 13.1 Å². The third-order valence-corrected chi connectivity index (χ3v) is 5.12. The molecule has 0 aliphatic rings. The summed E-state index contributed by atoms with van der Waals surface area (Å²) in [5.41, 5.74) is 1.71. The van der Waals surface area contributed by atoms with Gasteiger partial charge in [-0.1, -0.05) is 42.5 Å². The first-order chi connectivity index (χ1) is 15.0. The minimum Gasteiger partial charge on any atom is -0.310 e. The summed E-state index contributed by atoms with van der Waals surface area (Å²) in [4.78, 5) is 32.4. The highest BCUT2D eigenvalue weighted by atomic mass is 16.1. The molecule has 0 spiro atoms. The van der Waals surface area contributed by atoms with Gasteiger partial charge in [0.05, 0.1) is 18.3 Å². The molecule has 0 saturated heterocycles. The van der Waals surface area contributed by atoms with Gasteiger partial charge in [0.15, 0.2) is 5.65 Å². The van der Waals surface area contributed by atoms with Gasteiger partial charge in [0.1, 0.15) is 11.2 Å². The number of carbonyl (C=O) groups is 1. The maximum atomic E-state index is 12.9. The molecule has 2 N–H and O–H groups in total. The second-order valence-electron chi connectivity index (χ2n) is 7.34. The van der Waals surface area contributed by atoms with Crippen LogP contribution in [0.15, 0.2) is 59.5 Å². The molecule has 0 aliphatic carbocycles. The number of hydrogen-bond donors (Lipinski definition) is 2. The Bertz CT molecular complexity index is 1500. The van der Waals surface area contributed by atoms with Crippen molar-refractivity contribution < 1.29 is 4.79 Å². The maximum absolute atomic E-state index is 12.9. The molecule has 31 heavy (non-hydrogen) atoms. The largest absolute Gasteiger partial charge is 0.310 e. The third kappa shape index (κ3) is 3.35. The highest BCUT2D eigenvalue weighted by Gasteiger charge is 2.16. The van der Waals surface area contributed by atoms with Crippen molar-refractivity contribution in [2.24, 2.45) is 7.05 Å². The van der Waals surface area contributed by atoms with Crippen molar-refractivity contribution in [1.29, 1.82) is 0 Å². The minimum absolute atomic E-state index is 0.193. The summed E-state index contributed by atoms with van der Waals surface area (Å²) in [5, 5.41) is 13.9. The van der Waals surface area contributed by atoms with Gasteiger partial charge < -0.3 is 5.32 Å². The molecule has 154 valence electrons. The fourth-order valence-corrected chi connectivity index (χ4v) is 3.68. The first kappa shape index (κ1) is 18.7. The smallest absolute Gasteiger partial charge is 0.263 e. The minimum atomic E-state index is -0.325. The van der Waals surface area contributed by atoms with Gasteiger partial charge in [-0.3, -0.25) is 19.3 Å². The lowest BCUT2D eigenvalue weighted by Gasteiger charge is -2.10. The molecule has 0 atom stereocenters. The van der Waals surface area contributed by atoms with Crippen molar-refractivity contribution in [2.75, 3.05) is 5.32 Å². The van der Waals surface area contributed by atoms with Crippen LogP contribution in [-0.4, -0.2) is 35.4 Å². The van der Waals surface area contributed by atoms with Crippen LogP contribution in [0.4, 0.5) is 5.82 Å². The molecule has 9 nitrogen and oxygen atoms in total. The molecule has 3 aromatic heterocycles. The number of rotatable bonds is 4. The highest BCUT2D eigenvalue weighted by Crippen LogP contribution is 2.20. The fourth-order valence-electron chi connectivity index (χ4n) is 3.68. The molecule has 9 heteroatoms. The molecular weight excluding hydrogens is 394 g/mol. The molecule has 0 radical (unpaired) electrons. The van der Waals surface area contributed by atoms with Crippen LogP contribution in [0.25, 0.3) is 27.8 Å². The number of aromatic amines is 1. The van der Waals surface area contributed by atoms with Gasteiger partial charge in [-0.25, -0.2) is 0 Å². The number of aromatic nitrogens is 6. The topological polar surface area (TPSA) is 110 Å². The van der Waals surface area contributed by atoms with Gasteiger partial charge in [-0.05, 0) is 23.3 Å². The summed E-state index contributed by atoms with van der Waals surface area (Å²) in [6.45, 7) is 1.80. The molecule has 0 saturated carbocycles. The summed E-state index contributed by atoms with van der Waals surface area (Å²) in [6, 6.07) is 15.6. The van der Waals surface area contributed by atoms with Crippen LogP contribution in [0.1, 0.15) is 11.3 Å². The van der Waals surface area contributed by atoms with Gasteiger partial charge in [0.2, 0.25) is 11.9 Å². The number of H-pyrrole nitrogens is 1. The van der Waals surface area contributed by atoms with Crippen LogP contribution < -0.4 is 10.9 Å². The number of hydrogen-bond acceptors (Lipinski definition) is 5. The average molecular weight is 413 g/mol. The van der Waals surface area contributed by atoms with Crippen molar-refractivity contribution in [1.82, 2.24) is 29.5 Å². The number of anilines is 1. The van der Waals surface area contributed by atoms with Crippen LogP contribution in [0, 0.1) is 6.92 Å². The summed E-state index contributed by atoms with van der Waals surface area (Å²) >= 11 is 0. The number of nitrogens with zero attached hydrogens (tertiary/aromatic N) is 5. The number of nitrogens with one attached hydrogen (secondary N) is 2. The van der Waals surface area contributed by atoms with Gasteiger partial charge in [-0.15, -0.1) is 0 Å². The Balaban J connectivity index is 1.48. The lowest BCUT2D eigenvalue weighted by Crippen LogP contribution is -2.20. The zero-order valence-corrected chi connectivity index (χ0v) is 17.0. The van der Waals surface area contributed by atoms with Gasteiger partial charge in [-0.2, -0.15) is 19.9 Å². The van der Waals surface area contributed by atoms with E-state index in [2.05, 4.69) is 25.5 Å². The van der Waals surface area contributed by atoms with Crippen LogP contribution in [0.5, 0.6) is 0 Å². The Kier molecular flexibility index (Phi) is 4.36. The summed E-state index contributed by atoms with van der Waals surface area (Å²) in [7, 11) is 1.71. The third-order valence-electron chi connectivity index (χ3n) is 5.12. The number of amides is 1. The monoisotopic (exact) mass is 413 g/mol. The first-order valence-electron chi connectivity index (χ1n) is 9.75. The van der Waals surface area contributed by atoms with E-state index in [9.17, 15) is 9.59 Å². The van der Waals surface area contributed by atoms with Crippen molar-refractivity contribution in [3.05, 3.63) is 76.3 Å². The molecule has 0 fully saturated rings. The molecular formula is C22H19N7O2. The van der Waals surface area contributed by atoms with Crippen molar-refractivity contribution >= 4 is 33.5 Å². The molecule has 5 rings (SSSR count). The zero-order valence-electron chi connectivity index (χ0n) is 17.0. The quantitative estimate of drug-likeness (QED) is 0.470. The highest BCUT2D eigenvalue weighted by molar-refractivity contribution is 5.95. The van der Waals surface area contributed by atoms with Crippen LogP contribution in [-0.2, 0) is 18.3 Å². The lowest BCUT2D eigenvalue weighted by atomic mass is 10.0. The van der Waals surface area contributed by atoms with Gasteiger partial charge in [0.25, 0.3) is 5.56 Å². The van der Waals surface area contributed by atoms with E-state index in [1.807, 2.05) is 42.5 Å². The predicted octanol–water partition coefficient (Wildman–Crippen LogP) is 2.49. The van der Waals surface area contributed by atoms with E-state index in [0.717, 1.165) is 16.3 Å². The summed E-state index contributed by atoms with van der Waals surface area (Å²) in [5.74, 6) is 0.434. The Labute approximate surface area is 176 Å². The van der Waals surface area contributed by atoms with Crippen LogP contribution in [0.3, 0.4) is 0 Å². The number of fused-ring (bicyclic) bond motifs is 2. The van der Waals surface area contributed by atoms with E-state index in [-0.39, 0.29) is 23.8 Å². The van der Waals surface area contributed by atoms with E-state index in [1.165, 1.54) is 15.6 Å². The van der Waals surface area contributed by atoms with Gasteiger partial charge >= 0.3 is 0 Å². The Morgan fingerprint density at radius 1 is 1.13 bits per heavy atom. The van der Waals surface area contributed by atoms with E-state index in [4.69, 9.17) is 0 Å². The standard InChI is InChI=1S/C22H19N7O2/c1-13-10-18(24-19(30)11-15-8-5-7-14-6-3-4-9-16(14)15)29(27-13)22-25-20-17(21(31)26-22)12-23-28(20)2/h3-10,12H,11H2,1-2H3,(H,24,30)(H,25,26,31). The summed E-state index contributed by atoms with van der Waals surface area (Å²) < 4.78 is 2.94. The van der Waals surface area contributed by atoms with Crippen LogP contribution in [0.2, 0.25) is 0 Å². The summed E-state index contributed by atoms with van der Waals surface area (Å²) in [6.07, 6.45) is 1.67. The second kappa shape index (κ2) is 7.21. The fraction of sp³-hybridized carbons (Fsp3) is 0.136. The van der Waals surface area contributed by atoms with E-state index >= 15 is 0 Å². The molecule has 3 heterocycles. The molecule has 1 amide bonds. The lowest BCUT2D eigenvalue weighted by molar-refractivity contribution is -0.115. The Hall–Kier alpha value is -4.27. The van der Waals surface area contributed by atoms with Crippen LogP contribution >= 0.6 is 0 Å². The normalized spacial score (nSPS) is 11.3. The number of benzene rings is 2. The first-order valence-corrected chi connectivity index (χ1v) is 9.75. The Morgan fingerprint density at radius 3 is 2.81 bits per heavy atom. The number of aryl methyl sites for hydroxylation is 2. The predicted molar refractivity (Wildman–Crippen MR) is 117 cm³/mol. The zero-order chi connectivity index (χ0) is 21.5. The molecule has 0 aliphatic heterocycles. The molecule has 2 aromatic carbocycles.